The van der Waals surface area contributed by atoms with Crippen LogP contribution in [0.2, 0.25) is 0 Å². The van der Waals surface area contributed by atoms with Crippen molar-refractivity contribution in [3.63, 3.8) is 0 Å². The highest BCUT2D eigenvalue weighted by Crippen LogP contribution is 2.24. The predicted octanol–water partition coefficient (Wildman–Crippen LogP) is 3.14. The molecule has 7 nitrogen and oxygen atoms in total. The number of allylic oxidation sites excluding steroid dienone is 1. The number of hydrogen-bond acceptors (Lipinski definition) is 5. The number of amides is 1. The van der Waals surface area contributed by atoms with E-state index in [2.05, 4.69) is 22.9 Å². The van der Waals surface area contributed by atoms with Crippen LogP contribution < -0.4 is 4.72 Å². The minimum atomic E-state index is -3.53. The van der Waals surface area contributed by atoms with Crippen molar-refractivity contribution in [2.75, 3.05) is 12.3 Å². The Morgan fingerprint density at radius 1 is 1.45 bits per heavy atom. The lowest BCUT2D eigenvalue weighted by atomic mass is 9.93. The van der Waals surface area contributed by atoms with Gasteiger partial charge in [-0.1, -0.05) is 18.7 Å². The average molecular weight is 422 g/mol. The van der Waals surface area contributed by atoms with Gasteiger partial charge in [-0.05, 0) is 51.3 Å². The van der Waals surface area contributed by atoms with E-state index in [1.54, 1.807) is 18.7 Å². The topological polar surface area (TPSA) is 88.6 Å². The number of sulfonamides is 1. The zero-order valence-electron chi connectivity index (χ0n) is 17.4. The summed E-state index contributed by atoms with van der Waals surface area (Å²) in [5.74, 6) is -0.171. The van der Waals surface area contributed by atoms with E-state index in [0.29, 0.717) is 25.8 Å². The second kappa shape index (κ2) is 10.0. The second-order valence-corrected chi connectivity index (χ2v) is 9.43. The molecule has 8 heteroatoms. The van der Waals surface area contributed by atoms with E-state index in [-0.39, 0.29) is 11.9 Å². The Kier molecular flexibility index (Phi) is 7.98. The van der Waals surface area contributed by atoms with Crippen LogP contribution in [0.4, 0.5) is 4.79 Å². The molecule has 2 heterocycles. The fraction of sp³-hybridized carbons (Fsp3) is 0.524. The van der Waals surface area contributed by atoms with Gasteiger partial charge in [0.25, 0.3) is 0 Å². The van der Waals surface area contributed by atoms with Gasteiger partial charge < -0.3 is 9.64 Å². The van der Waals surface area contributed by atoms with E-state index in [1.807, 2.05) is 25.1 Å². The number of nitrogens with one attached hydrogen (secondary N) is 1. The number of pyridine rings is 1. The molecule has 2 rings (SSSR count). The molecule has 0 spiro atoms. The molecule has 1 saturated heterocycles. The molecule has 2 atom stereocenters. The van der Waals surface area contributed by atoms with Crippen molar-refractivity contribution in [1.29, 1.82) is 0 Å². The van der Waals surface area contributed by atoms with Gasteiger partial charge >= 0.3 is 6.09 Å². The van der Waals surface area contributed by atoms with Crippen LogP contribution in [0.3, 0.4) is 0 Å². The molecule has 1 amide bonds. The molecule has 29 heavy (non-hydrogen) atoms. The highest BCUT2D eigenvalue weighted by atomic mass is 32.2. The molecule has 0 unspecified atom stereocenters. The number of carbonyl (C=O) groups is 1. The Morgan fingerprint density at radius 2 is 2.17 bits per heavy atom. The average Bonchev–Trinajstić information content (AvgIpc) is 2.62. The van der Waals surface area contributed by atoms with E-state index in [1.165, 1.54) is 6.08 Å². The Balaban J connectivity index is 2.34. The van der Waals surface area contributed by atoms with Gasteiger partial charge in [-0.15, -0.1) is 6.58 Å². The van der Waals surface area contributed by atoms with Gasteiger partial charge in [-0.3, -0.25) is 4.98 Å². The van der Waals surface area contributed by atoms with E-state index >= 15 is 0 Å². The first-order chi connectivity index (χ1) is 13.6. The SMILES string of the molecule is C=CCS(=O)(=O)N[C@@H]1CCCN(C(=O)OC(C)C)[C@@H]1Cc1cccc(C(=C)C)n1. The molecule has 0 aromatic carbocycles. The van der Waals surface area contributed by atoms with E-state index < -0.39 is 28.2 Å². The molecule has 0 aliphatic carbocycles. The number of nitrogens with zero attached hydrogens (tertiary/aromatic N) is 2. The maximum atomic E-state index is 12.7. The van der Waals surface area contributed by atoms with Gasteiger partial charge in [0.1, 0.15) is 0 Å². The molecule has 0 bridgehead atoms. The maximum absolute atomic E-state index is 12.7. The number of hydrogen-bond donors (Lipinski definition) is 1. The molecule has 160 valence electrons. The fourth-order valence-corrected chi connectivity index (χ4v) is 4.56. The Labute approximate surface area is 173 Å². The monoisotopic (exact) mass is 421 g/mol. The lowest BCUT2D eigenvalue weighted by Crippen LogP contribution is -2.58. The fourth-order valence-electron chi connectivity index (χ4n) is 3.42. The van der Waals surface area contributed by atoms with Crippen LogP contribution in [0, 0.1) is 0 Å². The van der Waals surface area contributed by atoms with Crippen molar-refractivity contribution >= 4 is 21.7 Å². The lowest BCUT2D eigenvalue weighted by Gasteiger charge is -2.41. The highest BCUT2D eigenvalue weighted by molar-refractivity contribution is 7.89. The minimum absolute atomic E-state index is 0.171. The largest absolute Gasteiger partial charge is 0.447 e. The first-order valence-electron chi connectivity index (χ1n) is 9.83. The Bertz CT molecular complexity index is 851. The van der Waals surface area contributed by atoms with Crippen LogP contribution in [0.5, 0.6) is 0 Å². The van der Waals surface area contributed by atoms with Crippen LogP contribution in [0.25, 0.3) is 5.57 Å². The number of ether oxygens (including phenoxy) is 1. The van der Waals surface area contributed by atoms with Gasteiger partial charge in [0.05, 0.1) is 23.6 Å². The molecule has 0 radical (unpaired) electrons. The van der Waals surface area contributed by atoms with Crippen LogP contribution in [0.15, 0.2) is 37.4 Å². The third-order valence-electron chi connectivity index (χ3n) is 4.68. The van der Waals surface area contributed by atoms with Crippen LogP contribution in [-0.2, 0) is 21.2 Å². The van der Waals surface area contributed by atoms with Crippen LogP contribution >= 0.6 is 0 Å². The van der Waals surface area contributed by atoms with Crippen molar-refractivity contribution in [3.05, 3.63) is 48.8 Å². The Hall–Kier alpha value is -2.19. The second-order valence-electron chi connectivity index (χ2n) is 7.63. The number of carbonyl (C=O) groups excluding carboxylic acids is 1. The normalized spacial score (nSPS) is 19.8. The summed E-state index contributed by atoms with van der Waals surface area (Å²) in [4.78, 5) is 18.9. The molecule has 1 aliphatic heterocycles. The molecule has 1 N–H and O–H groups in total. The summed E-state index contributed by atoms with van der Waals surface area (Å²) < 4.78 is 32.9. The van der Waals surface area contributed by atoms with Gasteiger partial charge in [0.2, 0.25) is 10.0 Å². The van der Waals surface area contributed by atoms with Gasteiger partial charge in [-0.25, -0.2) is 17.9 Å². The van der Waals surface area contributed by atoms with Gasteiger partial charge in [0.15, 0.2) is 0 Å². The summed E-state index contributed by atoms with van der Waals surface area (Å²) in [5, 5.41) is 0. The Morgan fingerprint density at radius 3 is 2.79 bits per heavy atom. The summed E-state index contributed by atoms with van der Waals surface area (Å²) >= 11 is 0. The molecular weight excluding hydrogens is 390 g/mol. The summed E-state index contributed by atoms with van der Waals surface area (Å²) in [5.41, 5.74) is 2.39. The van der Waals surface area contributed by atoms with E-state index in [4.69, 9.17) is 4.74 Å². The maximum Gasteiger partial charge on any atom is 0.410 e. The minimum Gasteiger partial charge on any atom is -0.447 e. The van der Waals surface area contributed by atoms with Crippen molar-refractivity contribution < 1.29 is 17.9 Å². The van der Waals surface area contributed by atoms with Crippen molar-refractivity contribution in [2.45, 2.75) is 58.2 Å². The zero-order chi connectivity index (χ0) is 21.6. The van der Waals surface area contributed by atoms with Crippen LogP contribution in [-0.4, -0.2) is 54.9 Å². The first-order valence-corrected chi connectivity index (χ1v) is 11.5. The van der Waals surface area contributed by atoms with Crippen molar-refractivity contribution in [1.82, 2.24) is 14.6 Å². The van der Waals surface area contributed by atoms with Crippen molar-refractivity contribution in [2.24, 2.45) is 0 Å². The van der Waals surface area contributed by atoms with Crippen LogP contribution in [0.1, 0.15) is 45.0 Å². The quantitative estimate of drug-likeness (QED) is 0.652. The first kappa shape index (κ1) is 23.1. The molecule has 0 saturated carbocycles. The van der Waals surface area contributed by atoms with Crippen molar-refractivity contribution in [3.8, 4) is 0 Å². The van der Waals surface area contributed by atoms with E-state index in [0.717, 1.165) is 17.0 Å². The summed E-state index contributed by atoms with van der Waals surface area (Å²) in [6, 6.07) is 4.82. The molecule has 1 aliphatic rings. The summed E-state index contributed by atoms with van der Waals surface area (Å²) in [7, 11) is -3.53. The predicted molar refractivity (Wildman–Crippen MR) is 115 cm³/mol. The number of likely N-dealkylation sites (tertiary alicyclic amines) is 1. The third kappa shape index (κ3) is 6.68. The zero-order valence-corrected chi connectivity index (χ0v) is 18.2. The molecule has 1 aromatic heterocycles. The van der Waals surface area contributed by atoms with Gasteiger partial charge in [-0.2, -0.15) is 0 Å². The lowest BCUT2D eigenvalue weighted by molar-refractivity contribution is 0.0459. The highest BCUT2D eigenvalue weighted by Gasteiger charge is 2.37. The summed E-state index contributed by atoms with van der Waals surface area (Å²) in [6.07, 6.45) is 2.38. The standard InChI is InChI=1S/C21H31N3O4S/c1-6-13-29(26,27)23-19-11-8-12-24(21(25)28-16(4)5)20(19)14-17-9-7-10-18(22-17)15(2)3/h6-7,9-10,16,19-20,23H,1-2,8,11-14H2,3-5H3/t19-,20-/m1/s1. The van der Waals surface area contributed by atoms with E-state index in [9.17, 15) is 13.2 Å². The number of aromatic nitrogens is 1. The molecule has 1 fully saturated rings. The number of piperidine rings is 1. The number of rotatable bonds is 8. The smallest absolute Gasteiger partial charge is 0.410 e. The molecule has 1 aromatic rings. The van der Waals surface area contributed by atoms with Gasteiger partial charge in [0, 0.05) is 24.7 Å². The summed E-state index contributed by atoms with van der Waals surface area (Å²) in [6.45, 7) is 13.4. The third-order valence-corrected chi connectivity index (χ3v) is 6.02. The molecular formula is C21H31N3O4S.